The third kappa shape index (κ3) is 5.37. The number of anilines is 1. The van der Waals surface area contributed by atoms with Gasteiger partial charge in [-0.1, -0.05) is 48.9 Å². The summed E-state index contributed by atoms with van der Waals surface area (Å²) in [5, 5.41) is 15.5. The smallest absolute Gasteiger partial charge is 0.267 e. The van der Waals surface area contributed by atoms with Gasteiger partial charge in [-0.2, -0.15) is 5.26 Å². The summed E-state index contributed by atoms with van der Waals surface area (Å²) in [7, 11) is 0. The SMILES string of the molecule is CCc1ccc(C(C)N/C=C(/C#N)C(=O)Nc2cccc(Cl)c2)cc1. The van der Waals surface area contributed by atoms with Crippen molar-refractivity contribution in [3.63, 3.8) is 0 Å². The molecule has 0 aliphatic rings. The minimum absolute atomic E-state index is 0.00277. The Balaban J connectivity index is 2.03. The van der Waals surface area contributed by atoms with Gasteiger partial charge in [0, 0.05) is 23.0 Å². The van der Waals surface area contributed by atoms with Gasteiger partial charge in [0.2, 0.25) is 0 Å². The molecule has 4 nitrogen and oxygen atoms in total. The van der Waals surface area contributed by atoms with Crippen molar-refractivity contribution in [1.29, 1.82) is 5.26 Å². The molecule has 1 atom stereocenters. The monoisotopic (exact) mass is 353 g/mol. The molecule has 0 saturated carbocycles. The van der Waals surface area contributed by atoms with E-state index in [0.29, 0.717) is 10.7 Å². The van der Waals surface area contributed by atoms with Crippen LogP contribution in [0.15, 0.2) is 60.3 Å². The molecule has 0 fully saturated rings. The molecular formula is C20H20ClN3O. The number of benzene rings is 2. The number of aryl methyl sites for hydroxylation is 1. The molecule has 2 N–H and O–H groups in total. The highest BCUT2D eigenvalue weighted by atomic mass is 35.5. The molecule has 2 aromatic rings. The van der Waals surface area contributed by atoms with Crippen molar-refractivity contribution in [2.75, 3.05) is 5.32 Å². The van der Waals surface area contributed by atoms with Crippen LogP contribution in [0.1, 0.15) is 31.0 Å². The quantitative estimate of drug-likeness (QED) is 0.589. The van der Waals surface area contributed by atoms with Crippen LogP contribution in [0.4, 0.5) is 5.69 Å². The largest absolute Gasteiger partial charge is 0.383 e. The maximum atomic E-state index is 12.2. The van der Waals surface area contributed by atoms with Gasteiger partial charge in [-0.05, 0) is 42.7 Å². The number of carbonyl (C=O) groups is 1. The maximum Gasteiger partial charge on any atom is 0.267 e. The van der Waals surface area contributed by atoms with E-state index in [2.05, 4.69) is 29.7 Å². The molecule has 2 rings (SSSR count). The van der Waals surface area contributed by atoms with Gasteiger partial charge >= 0.3 is 0 Å². The molecule has 0 saturated heterocycles. The Morgan fingerprint density at radius 1 is 1.28 bits per heavy atom. The topological polar surface area (TPSA) is 64.9 Å². The predicted molar refractivity (Wildman–Crippen MR) is 101 cm³/mol. The van der Waals surface area contributed by atoms with Gasteiger partial charge in [-0.25, -0.2) is 0 Å². The molecule has 0 bridgehead atoms. The number of amides is 1. The molecule has 0 spiro atoms. The van der Waals surface area contributed by atoms with Gasteiger partial charge in [-0.3, -0.25) is 4.79 Å². The zero-order chi connectivity index (χ0) is 18.2. The van der Waals surface area contributed by atoms with Crippen LogP contribution in [0.3, 0.4) is 0 Å². The fourth-order valence-corrected chi connectivity index (χ4v) is 2.45. The third-order valence-corrected chi connectivity index (χ3v) is 4.05. The van der Waals surface area contributed by atoms with Crippen molar-refractivity contribution < 1.29 is 4.79 Å². The number of halogens is 1. The van der Waals surface area contributed by atoms with Gasteiger partial charge in [0.15, 0.2) is 0 Å². The zero-order valence-corrected chi connectivity index (χ0v) is 15.0. The van der Waals surface area contributed by atoms with E-state index >= 15 is 0 Å². The standard InChI is InChI=1S/C20H20ClN3O/c1-3-15-7-9-16(10-8-15)14(2)23-13-17(12-22)20(25)24-19-6-4-5-18(21)11-19/h4-11,13-14,23H,3H2,1-2H3,(H,24,25)/b17-13-. The number of nitriles is 1. The summed E-state index contributed by atoms with van der Waals surface area (Å²) in [4.78, 5) is 12.2. The molecule has 0 heterocycles. The molecule has 1 amide bonds. The average Bonchev–Trinajstić information content (AvgIpc) is 2.62. The molecule has 0 radical (unpaired) electrons. The molecule has 25 heavy (non-hydrogen) atoms. The van der Waals surface area contributed by atoms with Crippen LogP contribution < -0.4 is 10.6 Å². The first kappa shape index (κ1) is 18.6. The van der Waals surface area contributed by atoms with Crippen LogP contribution >= 0.6 is 11.6 Å². The summed E-state index contributed by atoms with van der Waals surface area (Å²) < 4.78 is 0. The van der Waals surface area contributed by atoms with E-state index in [1.54, 1.807) is 24.3 Å². The normalized spacial score (nSPS) is 12.2. The number of carbonyl (C=O) groups excluding carboxylic acids is 1. The summed E-state index contributed by atoms with van der Waals surface area (Å²) in [5.74, 6) is -0.481. The zero-order valence-electron chi connectivity index (χ0n) is 14.2. The molecule has 5 heteroatoms. The number of hydrogen-bond acceptors (Lipinski definition) is 3. The van der Waals surface area contributed by atoms with Crippen molar-refractivity contribution in [1.82, 2.24) is 5.32 Å². The van der Waals surface area contributed by atoms with Gasteiger partial charge < -0.3 is 10.6 Å². The van der Waals surface area contributed by atoms with Crippen LogP contribution in [0.5, 0.6) is 0 Å². The summed E-state index contributed by atoms with van der Waals surface area (Å²) in [6.07, 6.45) is 2.43. The second-order valence-corrected chi connectivity index (χ2v) is 6.05. The minimum atomic E-state index is -0.481. The van der Waals surface area contributed by atoms with E-state index in [9.17, 15) is 10.1 Å². The molecular weight excluding hydrogens is 334 g/mol. The van der Waals surface area contributed by atoms with Crippen LogP contribution in [-0.4, -0.2) is 5.91 Å². The first-order valence-corrected chi connectivity index (χ1v) is 8.43. The van der Waals surface area contributed by atoms with E-state index in [0.717, 1.165) is 12.0 Å². The number of rotatable bonds is 6. The Labute approximate surface area is 153 Å². The fraction of sp³-hybridized carbons (Fsp3) is 0.200. The highest BCUT2D eigenvalue weighted by Crippen LogP contribution is 2.16. The second-order valence-electron chi connectivity index (χ2n) is 5.62. The van der Waals surface area contributed by atoms with Gasteiger partial charge in [0.05, 0.1) is 0 Å². The highest BCUT2D eigenvalue weighted by Gasteiger charge is 2.11. The Hall–Kier alpha value is -2.77. The lowest BCUT2D eigenvalue weighted by Gasteiger charge is -2.13. The van der Waals surface area contributed by atoms with Crippen LogP contribution in [0, 0.1) is 11.3 Å². The summed E-state index contributed by atoms with van der Waals surface area (Å²) >= 11 is 5.89. The van der Waals surface area contributed by atoms with Crippen LogP contribution in [-0.2, 0) is 11.2 Å². The second kappa shape index (κ2) is 8.91. The van der Waals surface area contributed by atoms with Crippen molar-refractivity contribution in [3.05, 3.63) is 76.5 Å². The van der Waals surface area contributed by atoms with Gasteiger partial charge in [0.1, 0.15) is 11.6 Å². The first-order chi connectivity index (χ1) is 12.0. The Kier molecular flexibility index (Phi) is 6.62. The fourth-order valence-electron chi connectivity index (χ4n) is 2.26. The van der Waals surface area contributed by atoms with Crippen molar-refractivity contribution >= 4 is 23.2 Å². The maximum absolute atomic E-state index is 12.2. The van der Waals surface area contributed by atoms with E-state index in [-0.39, 0.29) is 11.6 Å². The number of nitrogens with zero attached hydrogens (tertiary/aromatic N) is 1. The van der Waals surface area contributed by atoms with E-state index in [1.807, 2.05) is 25.1 Å². The lowest BCUT2D eigenvalue weighted by atomic mass is 10.1. The molecule has 128 valence electrons. The first-order valence-electron chi connectivity index (χ1n) is 8.05. The van der Waals surface area contributed by atoms with E-state index in [4.69, 9.17) is 11.6 Å². The molecule has 2 aromatic carbocycles. The van der Waals surface area contributed by atoms with Gasteiger partial charge in [-0.15, -0.1) is 0 Å². The number of hydrogen-bond donors (Lipinski definition) is 2. The lowest BCUT2D eigenvalue weighted by Crippen LogP contribution is -2.18. The van der Waals surface area contributed by atoms with Crippen molar-refractivity contribution in [2.24, 2.45) is 0 Å². The predicted octanol–water partition coefficient (Wildman–Crippen LogP) is 4.60. The average molecular weight is 354 g/mol. The van der Waals surface area contributed by atoms with Crippen molar-refractivity contribution in [2.45, 2.75) is 26.3 Å². The summed E-state index contributed by atoms with van der Waals surface area (Å²) in [6, 6.07) is 16.9. The Morgan fingerprint density at radius 2 is 2.00 bits per heavy atom. The minimum Gasteiger partial charge on any atom is -0.383 e. The lowest BCUT2D eigenvalue weighted by molar-refractivity contribution is -0.112. The van der Waals surface area contributed by atoms with E-state index in [1.165, 1.54) is 11.8 Å². The van der Waals surface area contributed by atoms with Crippen LogP contribution in [0.25, 0.3) is 0 Å². The molecule has 0 aliphatic heterocycles. The van der Waals surface area contributed by atoms with E-state index < -0.39 is 5.91 Å². The number of nitrogens with one attached hydrogen (secondary N) is 2. The Bertz CT molecular complexity index is 806. The third-order valence-electron chi connectivity index (χ3n) is 3.81. The summed E-state index contributed by atoms with van der Waals surface area (Å²) in [5.41, 5.74) is 2.89. The van der Waals surface area contributed by atoms with Gasteiger partial charge in [0.25, 0.3) is 5.91 Å². The summed E-state index contributed by atoms with van der Waals surface area (Å²) in [6.45, 7) is 4.08. The highest BCUT2D eigenvalue weighted by molar-refractivity contribution is 6.31. The van der Waals surface area contributed by atoms with Crippen LogP contribution in [0.2, 0.25) is 5.02 Å². The van der Waals surface area contributed by atoms with Crippen molar-refractivity contribution in [3.8, 4) is 6.07 Å². The molecule has 0 aromatic heterocycles. The Morgan fingerprint density at radius 3 is 2.60 bits per heavy atom. The molecule has 1 unspecified atom stereocenters. The molecule has 0 aliphatic carbocycles.